The van der Waals surface area contributed by atoms with E-state index in [0.717, 1.165) is 5.75 Å². The summed E-state index contributed by atoms with van der Waals surface area (Å²) in [4.78, 5) is 14.3. The van der Waals surface area contributed by atoms with Crippen LogP contribution < -0.4 is 23.7 Å². The highest BCUT2D eigenvalue weighted by Gasteiger charge is 2.19. The second kappa shape index (κ2) is 9.56. The molecular weight excluding hydrogens is 350 g/mol. The van der Waals surface area contributed by atoms with Gasteiger partial charge in [-0.1, -0.05) is 0 Å². The summed E-state index contributed by atoms with van der Waals surface area (Å²) in [6.45, 7) is 0.778. The molecule has 0 unspecified atom stereocenters. The first-order valence-corrected chi connectivity index (χ1v) is 8.36. The first-order chi connectivity index (χ1) is 13.0. The van der Waals surface area contributed by atoms with Crippen LogP contribution >= 0.6 is 0 Å². The van der Waals surface area contributed by atoms with Crippen LogP contribution in [0.15, 0.2) is 36.4 Å². The third-order valence-corrected chi connectivity index (χ3v) is 4.01. The van der Waals surface area contributed by atoms with E-state index in [0.29, 0.717) is 41.7 Å². The highest BCUT2D eigenvalue weighted by Crippen LogP contribution is 2.38. The van der Waals surface area contributed by atoms with Gasteiger partial charge in [-0.15, -0.1) is 0 Å². The van der Waals surface area contributed by atoms with E-state index in [2.05, 4.69) is 0 Å². The van der Waals surface area contributed by atoms with Crippen LogP contribution in [0.1, 0.15) is 10.4 Å². The molecule has 146 valence electrons. The van der Waals surface area contributed by atoms with Gasteiger partial charge in [-0.2, -0.15) is 0 Å². The maximum absolute atomic E-state index is 12.7. The van der Waals surface area contributed by atoms with E-state index in [1.807, 2.05) is 24.3 Å². The van der Waals surface area contributed by atoms with Gasteiger partial charge in [0.25, 0.3) is 5.91 Å². The highest BCUT2D eigenvalue weighted by molar-refractivity contribution is 5.95. The summed E-state index contributed by atoms with van der Waals surface area (Å²) in [6, 6.07) is 10.5. The van der Waals surface area contributed by atoms with Gasteiger partial charge in [-0.3, -0.25) is 4.79 Å². The van der Waals surface area contributed by atoms with Gasteiger partial charge in [0.05, 0.1) is 35.0 Å². The molecule has 0 aliphatic rings. The summed E-state index contributed by atoms with van der Waals surface area (Å²) in [5.41, 5.74) is 0.441. The molecule has 2 rings (SSSR count). The minimum absolute atomic E-state index is 0.174. The second-order valence-electron chi connectivity index (χ2n) is 5.66. The lowest BCUT2D eigenvalue weighted by Crippen LogP contribution is -2.31. The number of hydrogen-bond donors (Lipinski definition) is 0. The fraction of sp³-hybridized carbons (Fsp3) is 0.350. The Morgan fingerprint density at radius 1 is 0.852 bits per heavy atom. The lowest BCUT2D eigenvalue weighted by atomic mass is 10.1. The molecule has 0 radical (unpaired) electrons. The van der Waals surface area contributed by atoms with Gasteiger partial charge in [0.15, 0.2) is 11.5 Å². The van der Waals surface area contributed by atoms with Crippen molar-refractivity contribution in [2.75, 3.05) is 48.6 Å². The van der Waals surface area contributed by atoms with Crippen molar-refractivity contribution in [3.63, 3.8) is 0 Å². The number of hydrogen-bond acceptors (Lipinski definition) is 6. The van der Waals surface area contributed by atoms with E-state index in [1.54, 1.807) is 31.2 Å². The SMILES string of the molecule is COc1ccc(OCCN(C)C(=O)c2cc(OC)c(OC)c(OC)c2)cc1. The van der Waals surface area contributed by atoms with Crippen molar-refractivity contribution in [3.8, 4) is 28.7 Å². The first kappa shape index (κ1) is 20.2. The van der Waals surface area contributed by atoms with Crippen molar-refractivity contribution < 1.29 is 28.5 Å². The molecule has 0 aromatic heterocycles. The van der Waals surface area contributed by atoms with Crippen molar-refractivity contribution in [1.29, 1.82) is 0 Å². The Morgan fingerprint density at radius 2 is 1.41 bits per heavy atom. The van der Waals surface area contributed by atoms with Crippen LogP contribution in [-0.2, 0) is 0 Å². The first-order valence-electron chi connectivity index (χ1n) is 8.36. The molecule has 0 aliphatic heterocycles. The van der Waals surface area contributed by atoms with E-state index >= 15 is 0 Å². The summed E-state index contributed by atoms with van der Waals surface area (Å²) in [7, 11) is 7.86. The van der Waals surface area contributed by atoms with Crippen molar-refractivity contribution in [2.24, 2.45) is 0 Å². The Hall–Kier alpha value is -3.09. The van der Waals surface area contributed by atoms with Gasteiger partial charge < -0.3 is 28.6 Å². The molecule has 7 nitrogen and oxygen atoms in total. The third kappa shape index (κ3) is 4.97. The summed E-state index contributed by atoms with van der Waals surface area (Å²) in [5, 5.41) is 0. The smallest absolute Gasteiger partial charge is 0.253 e. The van der Waals surface area contributed by atoms with Crippen molar-refractivity contribution in [3.05, 3.63) is 42.0 Å². The monoisotopic (exact) mass is 375 g/mol. The van der Waals surface area contributed by atoms with E-state index in [4.69, 9.17) is 23.7 Å². The zero-order valence-corrected chi connectivity index (χ0v) is 16.3. The number of ether oxygens (including phenoxy) is 5. The van der Waals surface area contributed by atoms with Crippen LogP contribution in [0.3, 0.4) is 0 Å². The van der Waals surface area contributed by atoms with E-state index in [9.17, 15) is 4.79 Å². The van der Waals surface area contributed by atoms with Crippen molar-refractivity contribution in [1.82, 2.24) is 4.90 Å². The molecule has 0 fully saturated rings. The molecule has 0 atom stereocenters. The van der Waals surface area contributed by atoms with Crippen LogP contribution in [0.4, 0.5) is 0 Å². The molecule has 0 spiro atoms. The van der Waals surface area contributed by atoms with E-state index < -0.39 is 0 Å². The number of amides is 1. The number of methoxy groups -OCH3 is 4. The van der Waals surface area contributed by atoms with E-state index in [1.165, 1.54) is 21.3 Å². The number of rotatable bonds is 9. The zero-order valence-electron chi connectivity index (χ0n) is 16.3. The van der Waals surface area contributed by atoms with Gasteiger partial charge in [-0.05, 0) is 36.4 Å². The van der Waals surface area contributed by atoms with Crippen molar-refractivity contribution in [2.45, 2.75) is 0 Å². The van der Waals surface area contributed by atoms with Crippen LogP contribution in [0.5, 0.6) is 28.7 Å². The Labute approximate surface area is 159 Å². The molecular formula is C20H25NO6. The predicted molar refractivity (Wildman–Crippen MR) is 102 cm³/mol. The molecule has 2 aromatic carbocycles. The minimum Gasteiger partial charge on any atom is -0.497 e. The predicted octanol–water partition coefficient (Wildman–Crippen LogP) is 2.87. The molecule has 0 N–H and O–H groups in total. The molecule has 2 aromatic rings. The maximum Gasteiger partial charge on any atom is 0.253 e. The van der Waals surface area contributed by atoms with Gasteiger partial charge in [0.1, 0.15) is 18.1 Å². The standard InChI is InChI=1S/C20H25NO6/c1-21(10-11-27-16-8-6-15(23-2)7-9-16)20(22)14-12-17(24-3)19(26-5)18(13-14)25-4/h6-9,12-13H,10-11H2,1-5H3. The van der Waals surface area contributed by atoms with Crippen molar-refractivity contribution >= 4 is 5.91 Å². The Bertz CT molecular complexity index is 735. The molecule has 0 saturated carbocycles. The van der Waals surface area contributed by atoms with E-state index in [-0.39, 0.29) is 5.91 Å². The van der Waals surface area contributed by atoms with Gasteiger partial charge in [0.2, 0.25) is 5.75 Å². The molecule has 7 heteroatoms. The zero-order chi connectivity index (χ0) is 19.8. The highest BCUT2D eigenvalue weighted by atomic mass is 16.5. The molecule has 0 heterocycles. The molecule has 0 aliphatic carbocycles. The van der Waals surface area contributed by atoms with Gasteiger partial charge in [-0.25, -0.2) is 0 Å². The number of likely N-dealkylation sites (N-methyl/N-ethyl adjacent to an activating group) is 1. The fourth-order valence-corrected chi connectivity index (χ4v) is 2.50. The lowest BCUT2D eigenvalue weighted by Gasteiger charge is -2.19. The molecule has 1 amide bonds. The van der Waals surface area contributed by atoms with Gasteiger partial charge >= 0.3 is 0 Å². The molecule has 0 saturated heterocycles. The molecule has 0 bridgehead atoms. The number of carbonyl (C=O) groups excluding carboxylic acids is 1. The van der Waals surface area contributed by atoms with Crippen LogP contribution in [0.25, 0.3) is 0 Å². The maximum atomic E-state index is 12.7. The normalized spacial score (nSPS) is 10.1. The summed E-state index contributed by atoms with van der Waals surface area (Å²) in [5.74, 6) is 2.61. The minimum atomic E-state index is -0.174. The Kier molecular flexibility index (Phi) is 7.16. The second-order valence-corrected chi connectivity index (χ2v) is 5.66. The number of benzene rings is 2. The topological polar surface area (TPSA) is 66.5 Å². The average Bonchev–Trinajstić information content (AvgIpc) is 2.72. The Morgan fingerprint density at radius 3 is 1.89 bits per heavy atom. The Balaban J connectivity index is 2.01. The largest absolute Gasteiger partial charge is 0.497 e. The lowest BCUT2D eigenvalue weighted by molar-refractivity contribution is 0.0773. The average molecular weight is 375 g/mol. The number of nitrogens with zero attached hydrogens (tertiary/aromatic N) is 1. The summed E-state index contributed by atoms with van der Waals surface area (Å²) in [6.07, 6.45) is 0. The number of carbonyl (C=O) groups is 1. The van der Waals surface area contributed by atoms with Crippen LogP contribution in [-0.4, -0.2) is 59.4 Å². The van der Waals surface area contributed by atoms with Gasteiger partial charge in [0, 0.05) is 12.6 Å². The summed E-state index contributed by atoms with van der Waals surface area (Å²) >= 11 is 0. The van der Waals surface area contributed by atoms with Crippen LogP contribution in [0.2, 0.25) is 0 Å². The summed E-state index contributed by atoms with van der Waals surface area (Å²) < 4.78 is 26.7. The van der Waals surface area contributed by atoms with Crippen LogP contribution in [0, 0.1) is 0 Å². The fourth-order valence-electron chi connectivity index (χ4n) is 2.50. The third-order valence-electron chi connectivity index (χ3n) is 4.01. The molecule has 27 heavy (non-hydrogen) atoms. The quantitative estimate of drug-likeness (QED) is 0.671.